The molecule has 0 unspecified atom stereocenters. The fourth-order valence-corrected chi connectivity index (χ4v) is 2.51. The molecule has 0 aliphatic heterocycles. The molecule has 0 saturated heterocycles. The van der Waals surface area contributed by atoms with Crippen molar-refractivity contribution in [1.82, 2.24) is 0 Å². The maximum absolute atomic E-state index is 11.2. The van der Waals surface area contributed by atoms with Gasteiger partial charge in [-0.15, -0.1) is 0 Å². The van der Waals surface area contributed by atoms with Gasteiger partial charge < -0.3 is 4.42 Å². The van der Waals surface area contributed by atoms with Gasteiger partial charge in [0.25, 0.3) is 0 Å². The summed E-state index contributed by atoms with van der Waals surface area (Å²) in [7, 11) is 0. The van der Waals surface area contributed by atoms with E-state index in [-0.39, 0.29) is 5.92 Å². The molecule has 1 aromatic heterocycles. The minimum absolute atomic E-state index is 0.0105. The summed E-state index contributed by atoms with van der Waals surface area (Å²) < 4.78 is 5.27. The summed E-state index contributed by atoms with van der Waals surface area (Å²) >= 11 is 0. The molecule has 0 fully saturated rings. The van der Waals surface area contributed by atoms with Gasteiger partial charge in [0.15, 0.2) is 12.0 Å². The molecule has 0 N–H and O–H groups in total. The molecule has 1 heterocycles. The van der Waals surface area contributed by atoms with Crippen molar-refractivity contribution in [2.24, 2.45) is 0 Å². The van der Waals surface area contributed by atoms with E-state index in [1.807, 2.05) is 42.5 Å². The van der Waals surface area contributed by atoms with Crippen molar-refractivity contribution in [1.29, 1.82) is 0 Å². The molecule has 20 heavy (non-hydrogen) atoms. The molecule has 0 spiro atoms. The summed E-state index contributed by atoms with van der Waals surface area (Å²) in [6.07, 6.45) is 2.34. The van der Waals surface area contributed by atoms with Gasteiger partial charge >= 0.3 is 0 Å². The van der Waals surface area contributed by atoms with Gasteiger partial charge in [-0.2, -0.15) is 0 Å². The topological polar surface area (TPSA) is 30.2 Å². The molecule has 0 bridgehead atoms. The van der Waals surface area contributed by atoms with Crippen LogP contribution in [0, 0.1) is 0 Å². The third-order valence-corrected chi connectivity index (χ3v) is 3.41. The Kier molecular flexibility index (Phi) is 3.46. The Morgan fingerprint density at radius 2 is 1.35 bits per heavy atom. The lowest BCUT2D eigenvalue weighted by Gasteiger charge is -2.17. The first kappa shape index (κ1) is 12.4. The quantitative estimate of drug-likeness (QED) is 0.657. The first-order valence-electron chi connectivity index (χ1n) is 6.52. The van der Waals surface area contributed by atoms with E-state index in [1.165, 1.54) is 0 Å². The predicted molar refractivity (Wildman–Crippen MR) is 77.9 cm³/mol. The first-order valence-corrected chi connectivity index (χ1v) is 6.52. The van der Waals surface area contributed by atoms with Gasteiger partial charge in [0.05, 0.1) is 6.26 Å². The minimum atomic E-state index is 0.0105. The van der Waals surface area contributed by atoms with Crippen LogP contribution in [0.3, 0.4) is 0 Å². The molecular formula is C18H14O2. The van der Waals surface area contributed by atoms with Crippen LogP contribution in [0.25, 0.3) is 0 Å². The summed E-state index contributed by atoms with van der Waals surface area (Å²) in [6, 6.07) is 22.1. The number of aldehydes is 1. The van der Waals surface area contributed by atoms with Crippen molar-refractivity contribution in [3.8, 4) is 0 Å². The average Bonchev–Trinajstić information content (AvgIpc) is 2.98. The Morgan fingerprint density at radius 3 is 1.85 bits per heavy atom. The lowest BCUT2D eigenvalue weighted by atomic mass is 9.85. The second kappa shape index (κ2) is 5.57. The fourth-order valence-electron chi connectivity index (χ4n) is 2.51. The molecule has 2 nitrogen and oxygen atoms in total. The molecule has 2 aromatic carbocycles. The van der Waals surface area contributed by atoms with Crippen LogP contribution in [0.1, 0.15) is 33.2 Å². The van der Waals surface area contributed by atoms with E-state index in [0.717, 1.165) is 23.0 Å². The van der Waals surface area contributed by atoms with Crippen LogP contribution in [-0.2, 0) is 0 Å². The molecule has 2 heteroatoms. The van der Waals surface area contributed by atoms with Crippen LogP contribution in [0.15, 0.2) is 77.4 Å². The molecule has 0 radical (unpaired) electrons. The van der Waals surface area contributed by atoms with Crippen LogP contribution in [-0.4, -0.2) is 6.29 Å². The Hall–Kier alpha value is -2.61. The predicted octanol–water partition coefficient (Wildman–Crippen LogP) is 4.27. The number of furan rings is 1. The highest BCUT2D eigenvalue weighted by Crippen LogP contribution is 2.33. The van der Waals surface area contributed by atoms with Gasteiger partial charge in [0.1, 0.15) is 0 Å². The van der Waals surface area contributed by atoms with E-state index in [1.54, 1.807) is 6.26 Å². The Labute approximate surface area is 117 Å². The average molecular weight is 262 g/mol. The van der Waals surface area contributed by atoms with Gasteiger partial charge in [-0.3, -0.25) is 4.79 Å². The van der Waals surface area contributed by atoms with Gasteiger partial charge in [-0.1, -0.05) is 60.7 Å². The van der Waals surface area contributed by atoms with Crippen LogP contribution in [0.5, 0.6) is 0 Å². The number of carbonyl (C=O) groups is 1. The third kappa shape index (κ3) is 2.28. The highest BCUT2D eigenvalue weighted by molar-refractivity contribution is 5.74. The second-order valence-corrected chi connectivity index (χ2v) is 4.61. The first-order chi connectivity index (χ1) is 9.90. The van der Waals surface area contributed by atoms with Crippen molar-refractivity contribution in [3.63, 3.8) is 0 Å². The molecule has 0 aliphatic rings. The van der Waals surface area contributed by atoms with Crippen molar-refractivity contribution in [2.75, 3.05) is 0 Å². The number of hydrogen-bond donors (Lipinski definition) is 0. The van der Waals surface area contributed by atoms with E-state index < -0.39 is 0 Å². The molecule has 0 saturated carbocycles. The summed E-state index contributed by atoms with van der Waals surface area (Å²) in [6.45, 7) is 0. The van der Waals surface area contributed by atoms with Crippen molar-refractivity contribution < 1.29 is 9.21 Å². The monoisotopic (exact) mass is 262 g/mol. The van der Waals surface area contributed by atoms with Crippen LogP contribution in [0.2, 0.25) is 0 Å². The Morgan fingerprint density at radius 1 is 0.800 bits per heavy atom. The maximum Gasteiger partial charge on any atom is 0.185 e. The molecule has 3 rings (SSSR count). The van der Waals surface area contributed by atoms with Crippen molar-refractivity contribution in [3.05, 3.63) is 95.4 Å². The third-order valence-electron chi connectivity index (χ3n) is 3.41. The zero-order chi connectivity index (χ0) is 13.8. The van der Waals surface area contributed by atoms with E-state index in [0.29, 0.717) is 5.76 Å². The van der Waals surface area contributed by atoms with E-state index in [9.17, 15) is 4.79 Å². The van der Waals surface area contributed by atoms with Crippen molar-refractivity contribution in [2.45, 2.75) is 5.92 Å². The maximum atomic E-state index is 11.2. The second-order valence-electron chi connectivity index (χ2n) is 4.61. The van der Waals surface area contributed by atoms with Gasteiger partial charge in [-0.05, 0) is 17.2 Å². The highest BCUT2D eigenvalue weighted by Gasteiger charge is 2.21. The summed E-state index contributed by atoms with van der Waals surface area (Å²) in [5.41, 5.74) is 3.18. The SMILES string of the molecule is O=Cc1occc1C(c1ccccc1)c1ccccc1. The summed E-state index contributed by atoms with van der Waals surface area (Å²) in [5.74, 6) is 0.402. The van der Waals surface area contributed by atoms with Gasteiger partial charge in [0, 0.05) is 11.5 Å². The van der Waals surface area contributed by atoms with Crippen molar-refractivity contribution >= 4 is 6.29 Å². The minimum Gasteiger partial charge on any atom is -0.461 e. The smallest absolute Gasteiger partial charge is 0.185 e. The molecule has 98 valence electrons. The van der Waals surface area contributed by atoms with Crippen LogP contribution < -0.4 is 0 Å². The molecule has 0 atom stereocenters. The molecule has 3 aromatic rings. The number of benzene rings is 2. The molecule has 0 aliphatic carbocycles. The zero-order valence-electron chi connectivity index (χ0n) is 10.9. The highest BCUT2D eigenvalue weighted by atomic mass is 16.3. The lowest BCUT2D eigenvalue weighted by Crippen LogP contribution is -2.04. The van der Waals surface area contributed by atoms with Crippen LogP contribution >= 0.6 is 0 Å². The zero-order valence-corrected chi connectivity index (χ0v) is 10.9. The van der Waals surface area contributed by atoms with Gasteiger partial charge in [0.2, 0.25) is 0 Å². The van der Waals surface area contributed by atoms with Crippen LogP contribution in [0.4, 0.5) is 0 Å². The number of carbonyl (C=O) groups excluding carboxylic acids is 1. The normalized spacial score (nSPS) is 10.7. The standard InChI is InChI=1S/C18H14O2/c19-13-17-16(11-12-20-17)18(14-7-3-1-4-8-14)15-9-5-2-6-10-15/h1-13,18H. The Balaban J connectivity index is 2.17. The Bertz CT molecular complexity index is 644. The van der Waals surface area contributed by atoms with E-state index >= 15 is 0 Å². The van der Waals surface area contributed by atoms with Gasteiger partial charge in [-0.25, -0.2) is 0 Å². The number of rotatable bonds is 4. The largest absolute Gasteiger partial charge is 0.461 e. The fraction of sp³-hybridized carbons (Fsp3) is 0.0556. The lowest BCUT2D eigenvalue weighted by molar-refractivity contribution is 0.109. The molecule has 0 amide bonds. The molecular weight excluding hydrogens is 248 g/mol. The summed E-state index contributed by atoms with van der Waals surface area (Å²) in [5, 5.41) is 0. The van der Waals surface area contributed by atoms with E-state index in [2.05, 4.69) is 24.3 Å². The van der Waals surface area contributed by atoms with E-state index in [4.69, 9.17) is 4.42 Å². The summed E-state index contributed by atoms with van der Waals surface area (Å²) in [4.78, 5) is 11.2. The number of hydrogen-bond acceptors (Lipinski definition) is 2.